The number of hydrogen-bond acceptors (Lipinski definition) is 4. The minimum Gasteiger partial charge on any atom is -0.361 e. The van der Waals surface area contributed by atoms with Gasteiger partial charge in [-0.15, -0.1) is 24.0 Å². The maximum absolute atomic E-state index is 5.39. The minimum absolute atomic E-state index is 0. The number of aryl methyl sites for hydroxylation is 3. The third-order valence-corrected chi connectivity index (χ3v) is 3.94. The summed E-state index contributed by atoms with van der Waals surface area (Å²) in [6, 6.07) is 4.14. The Kier molecular flexibility index (Phi) is 9.48. The highest BCUT2D eigenvalue weighted by atomic mass is 127. The van der Waals surface area contributed by atoms with Gasteiger partial charge in [-0.1, -0.05) is 25.1 Å². The largest absolute Gasteiger partial charge is 0.361 e. The molecule has 0 fully saturated rings. The van der Waals surface area contributed by atoms with Crippen molar-refractivity contribution < 1.29 is 4.52 Å². The van der Waals surface area contributed by atoms with Crippen LogP contribution in [0.5, 0.6) is 0 Å². The van der Waals surface area contributed by atoms with E-state index in [1.807, 2.05) is 19.2 Å². The van der Waals surface area contributed by atoms with E-state index in [2.05, 4.69) is 45.7 Å². The van der Waals surface area contributed by atoms with Crippen LogP contribution in [0.25, 0.3) is 0 Å². The van der Waals surface area contributed by atoms with E-state index in [-0.39, 0.29) is 24.0 Å². The fraction of sp³-hybridized carbons (Fsp3) is 0.500. The van der Waals surface area contributed by atoms with E-state index in [1.165, 1.54) is 5.56 Å². The Labute approximate surface area is 166 Å². The van der Waals surface area contributed by atoms with Crippen LogP contribution in [-0.4, -0.2) is 29.7 Å². The second-order valence-electron chi connectivity index (χ2n) is 5.65. The van der Waals surface area contributed by atoms with Gasteiger partial charge in [0.15, 0.2) is 5.96 Å². The zero-order valence-electron chi connectivity index (χ0n) is 15.4. The Morgan fingerprint density at radius 1 is 1.20 bits per heavy atom. The minimum atomic E-state index is 0. The third-order valence-electron chi connectivity index (χ3n) is 3.94. The maximum Gasteiger partial charge on any atom is 0.191 e. The van der Waals surface area contributed by atoms with Gasteiger partial charge in [0.2, 0.25) is 0 Å². The average Bonchev–Trinajstić information content (AvgIpc) is 3.01. The lowest BCUT2D eigenvalue weighted by atomic mass is 10.1. The molecule has 0 atom stereocenters. The highest BCUT2D eigenvalue weighted by molar-refractivity contribution is 14.0. The molecule has 25 heavy (non-hydrogen) atoms. The standard InChI is InChI=1S/C18H27N5O.HI/c1-5-16-15(17(6-2)24-23-16)12-22-18(19-4)20-10-9-14-8-7-13(3)21-11-14;/h7-8,11H,5-6,9-10,12H2,1-4H3,(H2,19,20,22);1H. The Morgan fingerprint density at radius 2 is 2.00 bits per heavy atom. The van der Waals surface area contributed by atoms with Gasteiger partial charge in [0.05, 0.1) is 5.69 Å². The lowest BCUT2D eigenvalue weighted by molar-refractivity contribution is 0.380. The summed E-state index contributed by atoms with van der Waals surface area (Å²) in [6.45, 7) is 7.63. The molecular weight excluding hydrogens is 429 g/mol. The van der Waals surface area contributed by atoms with Crippen LogP contribution >= 0.6 is 24.0 Å². The number of nitrogens with zero attached hydrogens (tertiary/aromatic N) is 3. The lowest BCUT2D eigenvalue weighted by Crippen LogP contribution is -2.38. The summed E-state index contributed by atoms with van der Waals surface area (Å²) in [4.78, 5) is 8.59. The molecule has 0 spiro atoms. The smallest absolute Gasteiger partial charge is 0.191 e. The van der Waals surface area contributed by atoms with Crippen LogP contribution in [0.3, 0.4) is 0 Å². The van der Waals surface area contributed by atoms with Crippen LogP contribution in [0, 0.1) is 6.92 Å². The van der Waals surface area contributed by atoms with Gasteiger partial charge in [-0.2, -0.15) is 0 Å². The van der Waals surface area contributed by atoms with Gasteiger partial charge < -0.3 is 15.2 Å². The first-order valence-electron chi connectivity index (χ1n) is 8.50. The van der Waals surface area contributed by atoms with Gasteiger partial charge in [-0.25, -0.2) is 0 Å². The van der Waals surface area contributed by atoms with E-state index in [4.69, 9.17) is 4.52 Å². The molecule has 138 valence electrons. The van der Waals surface area contributed by atoms with E-state index < -0.39 is 0 Å². The van der Waals surface area contributed by atoms with Crippen molar-refractivity contribution in [2.75, 3.05) is 13.6 Å². The molecule has 0 amide bonds. The monoisotopic (exact) mass is 457 g/mol. The molecular formula is C18H28IN5O. The Bertz CT molecular complexity index is 645. The van der Waals surface area contributed by atoms with Gasteiger partial charge in [0.25, 0.3) is 0 Å². The second-order valence-corrected chi connectivity index (χ2v) is 5.65. The normalized spacial score (nSPS) is 11.1. The molecule has 2 heterocycles. The Hall–Kier alpha value is -1.64. The molecule has 2 N–H and O–H groups in total. The topological polar surface area (TPSA) is 75.3 Å². The molecule has 0 aliphatic heterocycles. The first kappa shape index (κ1) is 21.4. The van der Waals surface area contributed by atoms with Gasteiger partial charge in [-0.05, 0) is 31.4 Å². The quantitative estimate of drug-likeness (QED) is 0.380. The fourth-order valence-electron chi connectivity index (χ4n) is 2.50. The van der Waals surface area contributed by atoms with Crippen LogP contribution in [0.15, 0.2) is 27.8 Å². The van der Waals surface area contributed by atoms with Crippen molar-refractivity contribution in [2.45, 2.75) is 46.6 Å². The zero-order valence-corrected chi connectivity index (χ0v) is 17.8. The molecule has 2 aromatic heterocycles. The molecule has 2 rings (SSSR count). The summed E-state index contributed by atoms with van der Waals surface area (Å²) >= 11 is 0. The summed E-state index contributed by atoms with van der Waals surface area (Å²) in [5, 5.41) is 10.8. The number of pyridine rings is 1. The van der Waals surface area contributed by atoms with Crippen LogP contribution < -0.4 is 10.6 Å². The molecule has 6 nitrogen and oxygen atoms in total. The molecule has 0 aromatic carbocycles. The number of guanidine groups is 1. The number of aromatic nitrogens is 2. The average molecular weight is 457 g/mol. The van der Waals surface area contributed by atoms with Crippen molar-refractivity contribution in [1.82, 2.24) is 20.8 Å². The molecule has 0 bridgehead atoms. The van der Waals surface area contributed by atoms with Gasteiger partial charge >= 0.3 is 0 Å². The van der Waals surface area contributed by atoms with Crippen molar-refractivity contribution in [1.29, 1.82) is 0 Å². The van der Waals surface area contributed by atoms with E-state index in [0.717, 1.165) is 54.5 Å². The molecule has 0 saturated carbocycles. The number of aliphatic imine (C=N–C) groups is 1. The van der Waals surface area contributed by atoms with Gasteiger partial charge in [0, 0.05) is 44.0 Å². The Morgan fingerprint density at radius 3 is 2.60 bits per heavy atom. The Balaban J connectivity index is 0.00000312. The van der Waals surface area contributed by atoms with E-state index in [1.54, 1.807) is 7.05 Å². The van der Waals surface area contributed by atoms with Gasteiger partial charge in [0.1, 0.15) is 5.76 Å². The molecule has 0 aliphatic carbocycles. The number of hydrogen-bond donors (Lipinski definition) is 2. The van der Waals surface area contributed by atoms with E-state index >= 15 is 0 Å². The first-order chi connectivity index (χ1) is 11.7. The SMILES string of the molecule is CCc1noc(CC)c1CNC(=NC)NCCc1ccc(C)nc1.I. The summed E-state index contributed by atoms with van der Waals surface area (Å²) < 4.78 is 5.39. The lowest BCUT2D eigenvalue weighted by Gasteiger charge is -2.12. The highest BCUT2D eigenvalue weighted by Gasteiger charge is 2.13. The molecule has 0 unspecified atom stereocenters. The van der Waals surface area contributed by atoms with Crippen LogP contribution in [-0.2, 0) is 25.8 Å². The molecule has 7 heteroatoms. The summed E-state index contributed by atoms with van der Waals surface area (Å²) in [7, 11) is 1.78. The predicted octanol–water partition coefficient (Wildman–Crippen LogP) is 3.03. The molecule has 2 aromatic rings. The second kappa shape index (κ2) is 11.1. The maximum atomic E-state index is 5.39. The summed E-state index contributed by atoms with van der Waals surface area (Å²) in [5.41, 5.74) is 4.41. The molecule has 0 saturated heterocycles. The van der Waals surface area contributed by atoms with Crippen molar-refractivity contribution in [2.24, 2.45) is 4.99 Å². The van der Waals surface area contributed by atoms with Crippen LogP contribution in [0.4, 0.5) is 0 Å². The first-order valence-corrected chi connectivity index (χ1v) is 8.50. The van der Waals surface area contributed by atoms with Crippen LogP contribution in [0.1, 0.15) is 42.1 Å². The fourth-order valence-corrected chi connectivity index (χ4v) is 2.50. The summed E-state index contributed by atoms with van der Waals surface area (Å²) in [5.74, 6) is 1.72. The van der Waals surface area contributed by atoms with E-state index in [0.29, 0.717) is 6.54 Å². The zero-order chi connectivity index (χ0) is 17.4. The third kappa shape index (κ3) is 6.30. The van der Waals surface area contributed by atoms with Crippen LogP contribution in [0.2, 0.25) is 0 Å². The van der Waals surface area contributed by atoms with E-state index in [9.17, 15) is 0 Å². The predicted molar refractivity (Wildman–Crippen MR) is 112 cm³/mol. The summed E-state index contributed by atoms with van der Waals surface area (Å²) in [6.07, 6.45) is 4.54. The molecule has 0 radical (unpaired) electrons. The molecule has 0 aliphatic rings. The number of rotatable bonds is 7. The van der Waals surface area contributed by atoms with Crippen molar-refractivity contribution in [3.05, 3.63) is 46.6 Å². The van der Waals surface area contributed by atoms with Crippen molar-refractivity contribution in [3.63, 3.8) is 0 Å². The highest BCUT2D eigenvalue weighted by Crippen LogP contribution is 2.15. The van der Waals surface area contributed by atoms with Crippen molar-refractivity contribution >= 4 is 29.9 Å². The number of nitrogens with one attached hydrogen (secondary N) is 2. The van der Waals surface area contributed by atoms with Gasteiger partial charge in [-0.3, -0.25) is 9.98 Å². The van der Waals surface area contributed by atoms with Crippen molar-refractivity contribution in [3.8, 4) is 0 Å². The number of halogens is 1.